The Bertz CT molecular complexity index is 515. The highest BCUT2D eigenvalue weighted by Crippen LogP contribution is 2.29. The molecular formula is C12H13ClN2O. The molecule has 0 N–H and O–H groups in total. The highest BCUT2D eigenvalue weighted by molar-refractivity contribution is 6.28. The van der Waals surface area contributed by atoms with Gasteiger partial charge < -0.3 is 8.98 Å². The van der Waals surface area contributed by atoms with Crippen LogP contribution in [-0.4, -0.2) is 9.55 Å². The van der Waals surface area contributed by atoms with Crippen LogP contribution in [0.25, 0.3) is 11.5 Å². The van der Waals surface area contributed by atoms with E-state index in [-0.39, 0.29) is 0 Å². The molecule has 0 radical (unpaired) electrons. The molecule has 0 saturated heterocycles. The van der Waals surface area contributed by atoms with E-state index in [1.165, 1.54) is 12.8 Å². The second-order valence-corrected chi connectivity index (χ2v) is 4.67. The number of aryl methyl sites for hydroxylation is 1. The molecule has 0 aliphatic carbocycles. The first kappa shape index (κ1) is 9.97. The summed E-state index contributed by atoms with van der Waals surface area (Å²) in [6.07, 6.45) is 5.56. The Balaban J connectivity index is 2.04. The number of hydrogen-bond acceptors (Lipinski definition) is 2. The number of furan rings is 1. The highest BCUT2D eigenvalue weighted by Gasteiger charge is 2.19. The van der Waals surface area contributed by atoms with Gasteiger partial charge in [-0.25, -0.2) is 4.98 Å². The van der Waals surface area contributed by atoms with Crippen molar-refractivity contribution in [2.24, 2.45) is 0 Å². The van der Waals surface area contributed by atoms with Crippen LogP contribution in [0.2, 0.25) is 5.22 Å². The van der Waals surface area contributed by atoms with E-state index in [0.29, 0.717) is 11.3 Å². The molecule has 1 atom stereocenters. The van der Waals surface area contributed by atoms with E-state index >= 15 is 0 Å². The maximum absolute atomic E-state index is 5.76. The summed E-state index contributed by atoms with van der Waals surface area (Å²) in [5, 5.41) is 0.411. The molecular weight excluding hydrogens is 224 g/mol. The number of fused-ring (bicyclic) bond motifs is 1. The molecule has 2 aromatic heterocycles. The maximum Gasteiger partial charge on any atom is 0.194 e. The van der Waals surface area contributed by atoms with Crippen LogP contribution in [0, 0.1) is 0 Å². The minimum Gasteiger partial charge on any atom is -0.443 e. The van der Waals surface area contributed by atoms with Gasteiger partial charge in [0.2, 0.25) is 0 Å². The monoisotopic (exact) mass is 236 g/mol. The van der Waals surface area contributed by atoms with Crippen LogP contribution in [0.5, 0.6) is 0 Å². The van der Waals surface area contributed by atoms with Crippen LogP contribution in [0.15, 0.2) is 22.7 Å². The minimum atomic E-state index is 0.411. The first-order valence-electron chi connectivity index (χ1n) is 5.57. The van der Waals surface area contributed by atoms with Gasteiger partial charge in [-0.3, -0.25) is 0 Å². The van der Waals surface area contributed by atoms with E-state index in [4.69, 9.17) is 16.0 Å². The Morgan fingerprint density at radius 3 is 3.06 bits per heavy atom. The van der Waals surface area contributed by atoms with E-state index in [9.17, 15) is 0 Å². The van der Waals surface area contributed by atoms with Crippen LogP contribution in [0.3, 0.4) is 0 Å². The molecule has 0 fully saturated rings. The fraction of sp³-hybridized carbons (Fsp3) is 0.417. The first-order chi connectivity index (χ1) is 7.74. The summed E-state index contributed by atoms with van der Waals surface area (Å²) >= 11 is 5.76. The normalized spacial score (nSPS) is 19.8. The summed E-state index contributed by atoms with van der Waals surface area (Å²) in [6.45, 7) is 2.23. The molecule has 3 heterocycles. The van der Waals surface area contributed by atoms with Crippen molar-refractivity contribution in [3.63, 3.8) is 0 Å². The highest BCUT2D eigenvalue weighted by atomic mass is 35.5. The Kier molecular flexibility index (Phi) is 2.28. The summed E-state index contributed by atoms with van der Waals surface area (Å²) in [4.78, 5) is 4.60. The molecule has 3 nitrogen and oxygen atoms in total. The topological polar surface area (TPSA) is 31.0 Å². The zero-order valence-corrected chi connectivity index (χ0v) is 9.87. The van der Waals surface area contributed by atoms with Gasteiger partial charge in [-0.2, -0.15) is 0 Å². The van der Waals surface area contributed by atoms with Gasteiger partial charge in [0.1, 0.15) is 11.5 Å². The molecule has 0 spiro atoms. The maximum atomic E-state index is 5.76. The van der Waals surface area contributed by atoms with Crippen molar-refractivity contribution in [2.75, 3.05) is 0 Å². The zero-order valence-electron chi connectivity index (χ0n) is 9.11. The Morgan fingerprint density at radius 2 is 2.38 bits per heavy atom. The van der Waals surface area contributed by atoms with Gasteiger partial charge >= 0.3 is 0 Å². The van der Waals surface area contributed by atoms with Crippen molar-refractivity contribution in [3.05, 3.63) is 29.4 Å². The SMILES string of the molecule is CC1CCCc2nc(-c3ccc(Cl)o3)cn21. The Labute approximate surface area is 99.0 Å². The minimum absolute atomic E-state index is 0.411. The molecule has 0 bridgehead atoms. The Hall–Kier alpha value is -1.22. The fourth-order valence-corrected chi connectivity index (χ4v) is 2.41. The fourth-order valence-electron chi connectivity index (χ4n) is 2.26. The zero-order chi connectivity index (χ0) is 11.1. The van der Waals surface area contributed by atoms with E-state index in [0.717, 1.165) is 23.7 Å². The second kappa shape index (κ2) is 3.67. The third-order valence-corrected chi connectivity index (χ3v) is 3.33. The first-order valence-corrected chi connectivity index (χ1v) is 5.95. The van der Waals surface area contributed by atoms with Crippen LogP contribution < -0.4 is 0 Å². The number of aromatic nitrogens is 2. The number of halogens is 1. The summed E-state index contributed by atoms with van der Waals surface area (Å²) in [7, 11) is 0. The third-order valence-electron chi connectivity index (χ3n) is 3.13. The third kappa shape index (κ3) is 1.55. The molecule has 0 amide bonds. The molecule has 0 saturated carbocycles. The van der Waals surface area contributed by atoms with Crippen molar-refractivity contribution in [1.82, 2.24) is 9.55 Å². The van der Waals surface area contributed by atoms with Gasteiger partial charge in [0.25, 0.3) is 0 Å². The molecule has 1 unspecified atom stereocenters. The molecule has 16 heavy (non-hydrogen) atoms. The molecule has 1 aliphatic heterocycles. The van der Waals surface area contributed by atoms with Gasteiger partial charge in [0.15, 0.2) is 11.0 Å². The summed E-state index contributed by atoms with van der Waals surface area (Å²) in [6, 6.07) is 4.15. The lowest BCUT2D eigenvalue weighted by Crippen LogP contribution is -2.14. The predicted molar refractivity (Wildman–Crippen MR) is 62.6 cm³/mol. The lowest BCUT2D eigenvalue weighted by molar-refractivity contribution is 0.426. The number of rotatable bonds is 1. The van der Waals surface area contributed by atoms with Crippen LogP contribution in [-0.2, 0) is 6.42 Å². The van der Waals surface area contributed by atoms with Crippen molar-refractivity contribution in [1.29, 1.82) is 0 Å². The average Bonchev–Trinajstić information content (AvgIpc) is 2.84. The van der Waals surface area contributed by atoms with E-state index in [1.54, 1.807) is 6.07 Å². The van der Waals surface area contributed by atoms with Crippen molar-refractivity contribution >= 4 is 11.6 Å². The van der Waals surface area contributed by atoms with Gasteiger partial charge in [0.05, 0.1) is 0 Å². The van der Waals surface area contributed by atoms with Gasteiger partial charge in [-0.1, -0.05) is 0 Å². The lowest BCUT2D eigenvalue weighted by Gasteiger charge is -2.20. The van der Waals surface area contributed by atoms with Gasteiger partial charge in [-0.05, 0) is 43.5 Å². The molecule has 3 rings (SSSR count). The van der Waals surface area contributed by atoms with Crippen LogP contribution in [0.1, 0.15) is 31.6 Å². The Morgan fingerprint density at radius 1 is 1.50 bits per heavy atom. The van der Waals surface area contributed by atoms with E-state index in [2.05, 4.69) is 22.7 Å². The molecule has 2 aromatic rings. The van der Waals surface area contributed by atoms with Crippen molar-refractivity contribution in [2.45, 2.75) is 32.2 Å². The van der Waals surface area contributed by atoms with Crippen molar-refractivity contribution < 1.29 is 4.42 Å². The van der Waals surface area contributed by atoms with Gasteiger partial charge in [-0.15, -0.1) is 0 Å². The second-order valence-electron chi connectivity index (χ2n) is 4.29. The standard InChI is InChI=1S/C12H13ClN2O/c1-8-3-2-4-12-14-9(7-15(8)12)10-5-6-11(13)16-10/h5-8H,2-4H2,1H3. The molecule has 84 valence electrons. The average molecular weight is 237 g/mol. The van der Waals surface area contributed by atoms with Crippen LogP contribution >= 0.6 is 11.6 Å². The lowest BCUT2D eigenvalue weighted by atomic mass is 10.1. The smallest absolute Gasteiger partial charge is 0.194 e. The quantitative estimate of drug-likeness (QED) is 0.756. The molecule has 1 aliphatic rings. The largest absolute Gasteiger partial charge is 0.443 e. The molecule has 0 aromatic carbocycles. The number of imidazole rings is 1. The van der Waals surface area contributed by atoms with Crippen molar-refractivity contribution in [3.8, 4) is 11.5 Å². The summed E-state index contributed by atoms with van der Waals surface area (Å²) in [5.41, 5.74) is 0.885. The van der Waals surface area contributed by atoms with Crippen LogP contribution in [0.4, 0.5) is 0 Å². The van der Waals surface area contributed by atoms with E-state index in [1.807, 2.05) is 6.07 Å². The van der Waals surface area contributed by atoms with E-state index < -0.39 is 0 Å². The predicted octanol–water partition coefficient (Wildman–Crippen LogP) is 3.69. The summed E-state index contributed by atoms with van der Waals surface area (Å²) in [5.74, 6) is 1.90. The van der Waals surface area contributed by atoms with Gasteiger partial charge in [0, 0.05) is 18.7 Å². The number of hydrogen-bond donors (Lipinski definition) is 0. The molecule has 4 heteroatoms. The number of nitrogens with zero attached hydrogens (tertiary/aromatic N) is 2. The summed E-state index contributed by atoms with van der Waals surface area (Å²) < 4.78 is 7.62.